The summed E-state index contributed by atoms with van der Waals surface area (Å²) in [4.78, 5) is 180. The van der Waals surface area contributed by atoms with E-state index in [1.165, 1.54) is 48.6 Å². The number of carboxylic acid groups (broad SMARTS) is 2. The lowest BCUT2D eigenvalue weighted by Crippen LogP contribution is -2.62. The van der Waals surface area contributed by atoms with Gasteiger partial charge in [-0.2, -0.15) is 23.5 Å². The Balaban J connectivity index is 1.29. The number of imidazole rings is 1. The van der Waals surface area contributed by atoms with Gasteiger partial charge in [-0.05, 0) is 92.0 Å². The number of carbonyl (C=O) groups is 12. The summed E-state index contributed by atoms with van der Waals surface area (Å²) in [7, 11) is 0. The zero-order valence-electron chi connectivity index (χ0n) is 52.4. The molecule has 4 heterocycles. The van der Waals surface area contributed by atoms with Crippen molar-refractivity contribution in [2.75, 3.05) is 31.3 Å². The van der Waals surface area contributed by atoms with Crippen molar-refractivity contribution in [2.45, 2.75) is 150 Å². The van der Waals surface area contributed by atoms with Crippen molar-refractivity contribution in [1.82, 2.24) is 57.4 Å². The number of H-pyrrole nitrogens is 1. The third kappa shape index (κ3) is 23.3. The highest BCUT2D eigenvalue weighted by molar-refractivity contribution is 7.98. The van der Waals surface area contributed by atoms with Crippen LogP contribution in [0.5, 0.6) is 11.5 Å². The van der Waals surface area contributed by atoms with Gasteiger partial charge in [0.05, 0.1) is 25.5 Å². The number of nitrogens with one attached hydrogen (secondary N) is 9. The number of nitrogens with two attached hydrogens (primary N) is 1. The minimum Gasteiger partial charge on any atom is -0.550 e. The molecule has 0 aliphatic carbocycles. The molecule has 4 bridgehead atoms. The number of aliphatic hydroxyl groups is 1. The van der Waals surface area contributed by atoms with Crippen LogP contribution in [0.25, 0.3) is 0 Å². The maximum atomic E-state index is 15.1. The molecule has 3 aliphatic rings. The fraction of sp³-hybridized carbons (Fsp3) is 0.460. The predicted molar refractivity (Wildman–Crippen MR) is 344 cm³/mol. The van der Waals surface area contributed by atoms with Crippen LogP contribution in [0.2, 0.25) is 0 Å². The summed E-state index contributed by atoms with van der Waals surface area (Å²) in [5, 5.41) is 67.0. The highest BCUT2D eigenvalue weighted by Gasteiger charge is 2.41. The number of oxime groups is 1. The summed E-state index contributed by atoms with van der Waals surface area (Å²) >= 11 is 2.32. The van der Waals surface area contributed by atoms with Gasteiger partial charge in [-0.1, -0.05) is 53.7 Å². The first-order valence-electron chi connectivity index (χ1n) is 31.0. The summed E-state index contributed by atoms with van der Waals surface area (Å²) in [6.45, 7) is 1.38. The number of hydrogen-bond acceptors (Lipinski definition) is 21. The number of benzene rings is 3. The van der Waals surface area contributed by atoms with Crippen LogP contribution in [-0.4, -0.2) is 199 Å². The highest BCUT2D eigenvalue weighted by atomic mass is 32.2. The molecule has 1 fully saturated rings. The molecule has 516 valence electrons. The number of phenols is 1. The number of fused-ring (bicyclic) bond motifs is 6. The lowest BCUT2D eigenvalue weighted by Gasteiger charge is -2.31. The second-order valence-electron chi connectivity index (χ2n) is 23.1. The molecule has 10 amide bonds. The second-order valence-corrected chi connectivity index (χ2v) is 25.2. The molecule has 1 aromatic heterocycles. The Morgan fingerprint density at radius 3 is 1.94 bits per heavy atom. The number of hydrogen-bond donors (Lipinski definition) is 13. The Hall–Kier alpha value is -9.76. The molecular weight excluding hydrogens is 1290 g/mol. The van der Waals surface area contributed by atoms with E-state index in [1.807, 2.05) is 6.07 Å². The van der Waals surface area contributed by atoms with Crippen LogP contribution in [-0.2, 0) is 93.1 Å². The number of thioether (sulfide) groups is 2. The van der Waals surface area contributed by atoms with E-state index in [-0.39, 0.29) is 80.6 Å². The molecule has 10 atom stereocenters. The number of primary amides is 1. The smallest absolute Gasteiger partial charge is 0.305 e. The van der Waals surface area contributed by atoms with Gasteiger partial charge in [0.25, 0.3) is 5.91 Å². The van der Waals surface area contributed by atoms with Crippen LogP contribution in [0.1, 0.15) is 86.2 Å². The summed E-state index contributed by atoms with van der Waals surface area (Å²) in [5.41, 5.74) is 8.47. The summed E-state index contributed by atoms with van der Waals surface area (Å²) in [5.74, 6) is -13.5. The standard InChI is InChI=1S/C63H79N13O18S2/c1-35(77)54-62(91)71-43(23-36-10-5-4-6-11-36)56(85)69-44(25-40-28-65-34-66-40)57(86)73-48(55(64)84)32-95-30-38-20-39-22-42(21-38)93-18-7-2-3-8-19-94-67-29-51(79)68-45(26-52(80)81)58(87)74-49(33-96-31-39)60(89)72-47(24-37-13-15-41(78)16-14-37)63(92)76-17-9-12-50(76)61(90)70-46(27-53(82)83)59(88)75-54/h4-6,10-11,13-16,20-22,28-29,34-35,43-50,54,77-78H,2-3,7-9,12,17-19,23-27,30-33H2,1H3,(H2,64,84)(H,65,66)(H,68,79)(H,69,85)(H,70,90)(H,71,91)(H,72,89)(H,73,86)(H,74,87)(H,75,88)(H,80,81)(H,82,83)/p-1/b67-29+/t35-,43+,44+,45+,46+,47+,48+,49+,50+,54+/m1/s1. The first kappa shape index (κ1) is 73.6. The first-order valence-corrected chi connectivity index (χ1v) is 33.3. The molecule has 31 nitrogen and oxygen atoms in total. The SMILES string of the molecule is C[C@@H](O)[C@@H]1NC(=O)[C@H](CC(=O)[O-])NC(=O)[C@@H]2CCCN2C(=O)[C@H](Cc2ccc(O)cc2)NC(=O)[C@@H]2CSCc3cc(cc(c3)OCCCCCCO/N=C/C(=O)N[C@@H](CC(=O)O)C(=O)N2)CSC[C@@H](C(N)=O)NC(=O)[C@H](Cc2cnc[nH]2)NC(=O)[C@H](Cc2ccccc2)NC1=O. The van der Waals surface area contributed by atoms with Gasteiger partial charge < -0.3 is 92.9 Å². The molecule has 96 heavy (non-hydrogen) atoms. The topological polar surface area (TPSA) is 474 Å². The largest absolute Gasteiger partial charge is 0.550 e. The van der Waals surface area contributed by atoms with Crippen LogP contribution in [0, 0.1) is 0 Å². The Labute approximate surface area is 559 Å². The van der Waals surface area contributed by atoms with E-state index < -0.39 is 144 Å². The van der Waals surface area contributed by atoms with Crippen molar-refractivity contribution in [1.29, 1.82) is 0 Å². The van der Waals surface area contributed by atoms with Gasteiger partial charge in [0.15, 0.2) is 0 Å². The summed E-state index contributed by atoms with van der Waals surface area (Å²) < 4.78 is 6.26. The van der Waals surface area contributed by atoms with Gasteiger partial charge >= 0.3 is 5.97 Å². The first-order chi connectivity index (χ1) is 46.0. The van der Waals surface area contributed by atoms with Gasteiger partial charge in [0.1, 0.15) is 78.7 Å². The lowest BCUT2D eigenvalue weighted by atomic mass is 10.0. The van der Waals surface area contributed by atoms with E-state index in [2.05, 4.69) is 57.7 Å². The molecule has 14 N–H and O–H groups in total. The summed E-state index contributed by atoms with van der Waals surface area (Å²) in [6, 6.07) is 4.42. The molecule has 0 unspecified atom stereocenters. The third-order valence-electron chi connectivity index (χ3n) is 15.5. The molecule has 3 aliphatic heterocycles. The molecule has 4 aromatic rings. The number of nitrogens with zero attached hydrogens (tertiary/aromatic N) is 3. The van der Waals surface area contributed by atoms with Gasteiger partial charge in [-0.25, -0.2) is 4.98 Å². The number of aromatic nitrogens is 2. The predicted octanol–water partition coefficient (Wildman–Crippen LogP) is -2.37. The molecule has 0 radical (unpaired) electrons. The van der Waals surface area contributed by atoms with E-state index in [4.69, 9.17) is 15.3 Å². The van der Waals surface area contributed by atoms with Crippen molar-refractivity contribution < 1.29 is 87.5 Å². The number of ether oxygens (including phenoxy) is 1. The van der Waals surface area contributed by atoms with E-state index in [9.17, 15) is 73.2 Å². The zero-order valence-corrected chi connectivity index (χ0v) is 54.0. The van der Waals surface area contributed by atoms with Crippen LogP contribution in [0.3, 0.4) is 0 Å². The normalized spacial score (nSPS) is 24.8. The van der Waals surface area contributed by atoms with Gasteiger partial charge in [0, 0.05) is 73.1 Å². The van der Waals surface area contributed by atoms with Crippen molar-refractivity contribution in [3.05, 3.63) is 113 Å². The van der Waals surface area contributed by atoms with Crippen molar-refractivity contribution in [3.8, 4) is 11.5 Å². The number of carboxylic acids is 2. The number of rotatable bonds is 12. The lowest BCUT2D eigenvalue weighted by molar-refractivity contribution is -0.306. The van der Waals surface area contributed by atoms with Gasteiger partial charge in [0.2, 0.25) is 53.2 Å². The van der Waals surface area contributed by atoms with Crippen molar-refractivity contribution >= 4 is 101 Å². The Bertz CT molecular complexity index is 3420. The number of carbonyl (C=O) groups excluding carboxylic acids is 11. The molecule has 33 heteroatoms. The van der Waals surface area contributed by atoms with Crippen LogP contribution in [0.4, 0.5) is 0 Å². The number of aromatic amines is 1. The number of amides is 10. The van der Waals surface area contributed by atoms with E-state index in [0.29, 0.717) is 59.4 Å². The number of aliphatic hydroxyl groups excluding tert-OH is 1. The average Bonchev–Trinajstić information content (AvgIpc) is 1.57. The molecule has 1 saturated heterocycles. The Kier molecular flexibility index (Phi) is 28.2. The molecule has 0 saturated carbocycles. The average molecular weight is 1370 g/mol. The molecule has 7 rings (SSSR count). The van der Waals surface area contributed by atoms with Crippen LogP contribution >= 0.6 is 23.5 Å². The Morgan fingerprint density at radius 1 is 0.667 bits per heavy atom. The van der Waals surface area contributed by atoms with Crippen LogP contribution < -0.4 is 58.1 Å². The van der Waals surface area contributed by atoms with Crippen LogP contribution in [0.15, 0.2) is 90.5 Å². The number of aliphatic carboxylic acids is 2. The monoisotopic (exact) mass is 1370 g/mol. The molecular formula is C63H78N13O18S2-. The van der Waals surface area contributed by atoms with E-state index >= 15 is 4.79 Å². The summed E-state index contributed by atoms with van der Waals surface area (Å²) in [6.07, 6.45) is 1.42. The zero-order chi connectivity index (χ0) is 69.3. The van der Waals surface area contributed by atoms with Crippen molar-refractivity contribution in [3.63, 3.8) is 0 Å². The number of phenolic OH excluding ortho intramolecular Hbond substituents is 1. The Morgan fingerprint density at radius 2 is 1.27 bits per heavy atom. The van der Waals surface area contributed by atoms with Gasteiger partial charge in [-0.15, -0.1) is 0 Å². The highest BCUT2D eigenvalue weighted by Crippen LogP contribution is 2.27. The maximum absolute atomic E-state index is 15.1. The minimum atomic E-state index is -2.04. The van der Waals surface area contributed by atoms with Gasteiger partial charge in [-0.3, -0.25) is 52.7 Å². The third-order valence-corrected chi connectivity index (χ3v) is 17.7. The quantitative estimate of drug-likeness (QED) is 0.0705. The minimum absolute atomic E-state index is 0.0632. The number of aromatic hydroxyl groups is 1. The van der Waals surface area contributed by atoms with Crippen molar-refractivity contribution in [2.24, 2.45) is 10.9 Å². The molecule has 3 aromatic carbocycles. The van der Waals surface area contributed by atoms with E-state index in [1.54, 1.807) is 42.5 Å². The van der Waals surface area contributed by atoms with E-state index in [0.717, 1.165) is 29.8 Å². The second kappa shape index (κ2) is 36.8. The molecule has 0 spiro atoms. The fourth-order valence-corrected chi connectivity index (χ4v) is 12.6. The maximum Gasteiger partial charge on any atom is 0.305 e. The fourth-order valence-electron chi connectivity index (χ4n) is 10.6.